The molecule has 134 valence electrons. The van der Waals surface area contributed by atoms with Crippen LogP contribution in [0.5, 0.6) is 11.5 Å². The predicted molar refractivity (Wildman–Crippen MR) is 90.5 cm³/mol. The Morgan fingerprint density at radius 2 is 2.28 bits per heavy atom. The van der Waals surface area contributed by atoms with Gasteiger partial charge in [-0.1, -0.05) is 6.07 Å². The molecule has 1 amide bonds. The van der Waals surface area contributed by atoms with Crippen molar-refractivity contribution in [1.82, 2.24) is 10.4 Å². The zero-order valence-electron chi connectivity index (χ0n) is 14.6. The van der Waals surface area contributed by atoms with Gasteiger partial charge in [0, 0.05) is 23.9 Å². The molecular formula is C19H24N2O4. The van der Waals surface area contributed by atoms with Crippen LogP contribution >= 0.6 is 0 Å². The van der Waals surface area contributed by atoms with Gasteiger partial charge < -0.3 is 19.6 Å². The van der Waals surface area contributed by atoms with Crippen LogP contribution < -0.4 is 15.1 Å². The number of piperidine rings is 1. The minimum absolute atomic E-state index is 0.118. The third-order valence-corrected chi connectivity index (χ3v) is 6.85. The topological polar surface area (TPSA) is 71.0 Å². The molecule has 25 heavy (non-hydrogen) atoms. The Labute approximate surface area is 147 Å². The maximum Gasteiger partial charge on any atom is 0.249 e. The number of aliphatic hydroxyl groups excluding tert-OH is 1. The van der Waals surface area contributed by atoms with Gasteiger partial charge in [0.05, 0.1) is 6.10 Å². The third-order valence-electron chi connectivity index (χ3n) is 6.85. The minimum atomic E-state index is -0.452. The number of rotatable bonds is 2. The number of ether oxygens (including phenoxy) is 1. The summed E-state index contributed by atoms with van der Waals surface area (Å²) in [5.41, 5.74) is 4.82. The SMILES string of the molecule is CC(=O)NOc1ccc2c3c1O[C@H]1[C@@H](O)CC[C@H]4[C@@H](C2)N(C)CC[C@@]341. The lowest BCUT2D eigenvalue weighted by molar-refractivity contribution is -0.125. The molecule has 0 unspecified atom stereocenters. The van der Waals surface area contributed by atoms with Crippen LogP contribution in [0.25, 0.3) is 0 Å². The molecule has 2 aliphatic carbocycles. The third kappa shape index (κ3) is 1.89. The molecule has 2 fully saturated rings. The first kappa shape index (κ1) is 15.5. The smallest absolute Gasteiger partial charge is 0.249 e. The molecule has 6 heteroatoms. The van der Waals surface area contributed by atoms with Crippen LogP contribution in [0, 0.1) is 5.92 Å². The molecule has 2 bridgehead atoms. The van der Waals surface area contributed by atoms with Crippen molar-refractivity contribution in [2.24, 2.45) is 5.92 Å². The van der Waals surface area contributed by atoms with E-state index in [-0.39, 0.29) is 17.4 Å². The molecule has 5 atom stereocenters. The average Bonchev–Trinajstić information content (AvgIpc) is 2.94. The van der Waals surface area contributed by atoms with Crippen molar-refractivity contribution in [3.05, 3.63) is 23.3 Å². The van der Waals surface area contributed by atoms with Gasteiger partial charge in [-0.2, -0.15) is 5.48 Å². The summed E-state index contributed by atoms with van der Waals surface area (Å²) in [6.45, 7) is 2.43. The van der Waals surface area contributed by atoms with Crippen LogP contribution in [-0.2, 0) is 16.6 Å². The molecule has 2 N–H and O–H groups in total. The molecular weight excluding hydrogens is 320 g/mol. The first-order chi connectivity index (χ1) is 12.0. The van der Waals surface area contributed by atoms with E-state index in [2.05, 4.69) is 23.5 Å². The normalized spacial score (nSPS) is 37.9. The molecule has 0 radical (unpaired) electrons. The number of hydrogen-bond acceptors (Lipinski definition) is 5. The maximum absolute atomic E-state index is 11.2. The van der Waals surface area contributed by atoms with Gasteiger partial charge in [-0.3, -0.25) is 4.79 Å². The molecule has 6 nitrogen and oxygen atoms in total. The van der Waals surface area contributed by atoms with E-state index in [1.54, 1.807) is 0 Å². The number of aliphatic hydroxyl groups is 1. The minimum Gasteiger partial charge on any atom is -0.482 e. The Morgan fingerprint density at radius 1 is 1.44 bits per heavy atom. The quantitative estimate of drug-likeness (QED) is 0.788. The van der Waals surface area contributed by atoms with Crippen molar-refractivity contribution >= 4 is 5.91 Å². The number of nitrogens with zero attached hydrogens (tertiary/aromatic N) is 1. The highest BCUT2D eigenvalue weighted by Crippen LogP contribution is 2.63. The monoisotopic (exact) mass is 344 g/mol. The Hall–Kier alpha value is -1.79. The van der Waals surface area contributed by atoms with Crippen molar-refractivity contribution in [1.29, 1.82) is 0 Å². The number of likely N-dealkylation sites (tertiary alicyclic amines) is 1. The number of nitrogens with one attached hydrogen (secondary N) is 1. The van der Waals surface area contributed by atoms with Crippen LogP contribution in [0.15, 0.2) is 12.1 Å². The standard InChI is InChI=1S/C19H24N2O4/c1-10(22)20-25-15-6-3-11-9-13-12-4-5-14(23)18-19(12,7-8-21(13)2)16(11)17(15)24-18/h3,6,12-14,18,23H,4-5,7-9H2,1-2H3,(H,20,22)/t12-,13+,14-,18-,19-/m0/s1. The number of hydrogen-bond donors (Lipinski definition) is 2. The molecule has 1 saturated carbocycles. The summed E-state index contributed by atoms with van der Waals surface area (Å²) in [6, 6.07) is 4.49. The number of amides is 1. The Morgan fingerprint density at radius 3 is 3.08 bits per heavy atom. The van der Waals surface area contributed by atoms with E-state index in [0.717, 1.165) is 38.0 Å². The molecule has 0 aromatic heterocycles. The van der Waals surface area contributed by atoms with Crippen molar-refractivity contribution in [3.63, 3.8) is 0 Å². The van der Waals surface area contributed by atoms with E-state index in [1.807, 2.05) is 6.07 Å². The van der Waals surface area contributed by atoms with E-state index in [1.165, 1.54) is 18.1 Å². The van der Waals surface area contributed by atoms with Gasteiger partial charge in [-0.05, 0) is 56.8 Å². The zero-order valence-corrected chi connectivity index (χ0v) is 14.6. The summed E-state index contributed by atoms with van der Waals surface area (Å²) in [7, 11) is 2.22. The maximum atomic E-state index is 11.2. The van der Waals surface area contributed by atoms with Gasteiger partial charge in [0.1, 0.15) is 6.10 Å². The first-order valence-corrected chi connectivity index (χ1v) is 9.17. The molecule has 1 aromatic carbocycles. The van der Waals surface area contributed by atoms with Gasteiger partial charge in [0.25, 0.3) is 0 Å². The van der Waals surface area contributed by atoms with E-state index in [4.69, 9.17) is 9.57 Å². The van der Waals surface area contributed by atoms with Gasteiger partial charge in [0.2, 0.25) is 5.91 Å². The van der Waals surface area contributed by atoms with Gasteiger partial charge in [-0.15, -0.1) is 0 Å². The molecule has 1 aromatic rings. The van der Waals surface area contributed by atoms with Crippen molar-refractivity contribution < 1.29 is 19.5 Å². The second kappa shape index (κ2) is 5.11. The van der Waals surface area contributed by atoms with Crippen molar-refractivity contribution in [2.45, 2.75) is 56.3 Å². The Bertz CT molecular complexity index is 751. The molecule has 1 saturated heterocycles. The summed E-state index contributed by atoms with van der Waals surface area (Å²) in [5, 5.41) is 10.7. The van der Waals surface area contributed by atoms with E-state index in [9.17, 15) is 9.90 Å². The highest BCUT2D eigenvalue weighted by molar-refractivity contribution is 5.72. The van der Waals surface area contributed by atoms with Crippen LogP contribution in [-0.4, -0.2) is 47.8 Å². The second-order valence-corrected chi connectivity index (χ2v) is 8.02. The second-order valence-electron chi connectivity index (χ2n) is 8.02. The first-order valence-electron chi connectivity index (χ1n) is 9.17. The van der Waals surface area contributed by atoms with E-state index < -0.39 is 6.10 Å². The Kier molecular flexibility index (Phi) is 3.16. The van der Waals surface area contributed by atoms with Crippen LogP contribution in [0.2, 0.25) is 0 Å². The van der Waals surface area contributed by atoms with Crippen molar-refractivity contribution in [2.75, 3.05) is 13.6 Å². The van der Waals surface area contributed by atoms with E-state index >= 15 is 0 Å². The summed E-state index contributed by atoms with van der Waals surface area (Å²) in [5.74, 6) is 1.52. The summed E-state index contributed by atoms with van der Waals surface area (Å²) < 4.78 is 6.34. The van der Waals surface area contributed by atoms with E-state index in [0.29, 0.717) is 17.7 Å². The van der Waals surface area contributed by atoms with Crippen LogP contribution in [0.3, 0.4) is 0 Å². The van der Waals surface area contributed by atoms with Gasteiger partial charge >= 0.3 is 0 Å². The Balaban J connectivity index is 1.68. The lowest BCUT2D eigenvalue weighted by atomic mass is 9.51. The lowest BCUT2D eigenvalue weighted by Crippen LogP contribution is -2.66. The number of hydroxylamine groups is 1. The summed E-state index contributed by atoms with van der Waals surface area (Å²) in [6.07, 6.45) is 3.16. The largest absolute Gasteiger partial charge is 0.482 e. The molecule has 2 aliphatic heterocycles. The molecule has 2 heterocycles. The number of carbonyl (C=O) groups excluding carboxylic acids is 1. The molecule has 5 rings (SSSR count). The fourth-order valence-electron chi connectivity index (χ4n) is 5.91. The van der Waals surface area contributed by atoms with Crippen LogP contribution in [0.1, 0.15) is 37.3 Å². The highest BCUT2D eigenvalue weighted by Gasteiger charge is 2.65. The molecule has 4 aliphatic rings. The van der Waals surface area contributed by atoms with Crippen LogP contribution in [0.4, 0.5) is 0 Å². The zero-order chi connectivity index (χ0) is 17.3. The van der Waals surface area contributed by atoms with Crippen molar-refractivity contribution in [3.8, 4) is 11.5 Å². The van der Waals surface area contributed by atoms with Gasteiger partial charge in [-0.25, -0.2) is 0 Å². The number of likely N-dealkylation sites (N-methyl/N-ethyl adjacent to an activating group) is 1. The van der Waals surface area contributed by atoms with Gasteiger partial charge in [0.15, 0.2) is 11.5 Å². The summed E-state index contributed by atoms with van der Waals surface area (Å²) in [4.78, 5) is 19.2. The fraction of sp³-hybridized carbons (Fsp3) is 0.632. The average molecular weight is 344 g/mol. The highest BCUT2D eigenvalue weighted by atomic mass is 16.7. The molecule has 1 spiro atoms. The number of benzene rings is 1. The fourth-order valence-corrected chi connectivity index (χ4v) is 5.91. The summed E-state index contributed by atoms with van der Waals surface area (Å²) >= 11 is 0. The number of carbonyl (C=O) groups is 1. The predicted octanol–water partition coefficient (Wildman–Crippen LogP) is 1.15. The lowest BCUT2D eigenvalue weighted by Gasteiger charge is -2.58.